The van der Waals surface area contributed by atoms with Gasteiger partial charge in [-0.1, -0.05) is 18.2 Å². The molecule has 6 nitrogen and oxygen atoms in total. The number of pyridine rings is 1. The summed E-state index contributed by atoms with van der Waals surface area (Å²) in [6.07, 6.45) is 3.47. The summed E-state index contributed by atoms with van der Waals surface area (Å²) in [6, 6.07) is 16.5. The number of hydrogen-bond donors (Lipinski definition) is 1. The van der Waals surface area contributed by atoms with Crippen molar-refractivity contribution in [2.45, 2.75) is 20.1 Å². The molecule has 0 saturated heterocycles. The van der Waals surface area contributed by atoms with Gasteiger partial charge in [0.2, 0.25) is 0 Å². The molecule has 1 N–H and O–H groups in total. The molecular weight excluding hydrogens is 368 g/mol. The lowest BCUT2D eigenvalue weighted by molar-refractivity contribution is 0.102. The van der Waals surface area contributed by atoms with E-state index in [1.54, 1.807) is 37.7 Å². The maximum absolute atomic E-state index is 12.7. The lowest BCUT2D eigenvalue weighted by atomic mass is 10.1. The Balaban J connectivity index is 1.72. The summed E-state index contributed by atoms with van der Waals surface area (Å²) in [5.74, 6) is 0.880. The minimum atomic E-state index is -0.223. The summed E-state index contributed by atoms with van der Waals surface area (Å²) >= 11 is 0. The second-order valence-electron chi connectivity index (χ2n) is 6.33. The molecule has 0 fully saturated rings. The van der Waals surface area contributed by atoms with Crippen molar-refractivity contribution in [2.24, 2.45) is 0 Å². The van der Waals surface area contributed by atoms with Crippen molar-refractivity contribution in [2.75, 3.05) is 19.0 Å². The minimum Gasteiger partial charge on any atom is -0.490 e. The number of nitrogens with one attached hydrogen (secondary N) is 1. The molecule has 29 heavy (non-hydrogen) atoms. The summed E-state index contributed by atoms with van der Waals surface area (Å²) < 4.78 is 16.7. The number of hydrogen-bond acceptors (Lipinski definition) is 5. The summed E-state index contributed by atoms with van der Waals surface area (Å²) in [5, 5.41) is 2.90. The van der Waals surface area contributed by atoms with Crippen molar-refractivity contribution in [3.8, 4) is 11.5 Å². The zero-order valence-corrected chi connectivity index (χ0v) is 16.6. The number of anilines is 1. The van der Waals surface area contributed by atoms with Crippen LogP contribution in [0.25, 0.3) is 0 Å². The summed E-state index contributed by atoms with van der Waals surface area (Å²) in [7, 11) is 1.64. The number of carbonyl (C=O) groups is 1. The second kappa shape index (κ2) is 10.2. The fourth-order valence-electron chi connectivity index (χ4n) is 2.79. The van der Waals surface area contributed by atoms with E-state index >= 15 is 0 Å². The molecule has 1 amide bonds. The van der Waals surface area contributed by atoms with Crippen LogP contribution < -0.4 is 14.8 Å². The highest BCUT2D eigenvalue weighted by Crippen LogP contribution is 2.29. The molecule has 0 spiro atoms. The summed E-state index contributed by atoms with van der Waals surface area (Å²) in [5.41, 5.74) is 3.13. The van der Waals surface area contributed by atoms with E-state index in [1.165, 1.54) is 0 Å². The van der Waals surface area contributed by atoms with Gasteiger partial charge in [-0.15, -0.1) is 0 Å². The first-order chi connectivity index (χ1) is 14.2. The molecule has 0 radical (unpaired) electrons. The van der Waals surface area contributed by atoms with E-state index in [0.717, 1.165) is 11.1 Å². The Labute approximate surface area is 170 Å². The first-order valence-electron chi connectivity index (χ1n) is 9.37. The van der Waals surface area contributed by atoms with Crippen LogP contribution in [0.5, 0.6) is 11.5 Å². The summed E-state index contributed by atoms with van der Waals surface area (Å²) in [6.45, 7) is 3.21. The molecule has 0 atom stereocenters. The molecule has 0 aliphatic rings. The molecule has 0 aliphatic carbocycles. The standard InChI is InChI=1S/C23H24N2O4/c1-3-28-22-13-19(9-10-21(22)29-16-18-7-5-11-24-14-18)23(26)25-20-8-4-6-17(12-20)15-27-2/h4-14H,3,15-16H2,1-2H3,(H,25,26). The topological polar surface area (TPSA) is 69.7 Å². The van der Waals surface area contributed by atoms with Crippen LogP contribution in [0.1, 0.15) is 28.4 Å². The van der Waals surface area contributed by atoms with Gasteiger partial charge in [-0.05, 0) is 48.9 Å². The predicted octanol–water partition coefficient (Wildman–Crippen LogP) is 4.46. The van der Waals surface area contributed by atoms with E-state index in [1.807, 2.05) is 43.3 Å². The Hall–Kier alpha value is -3.38. The van der Waals surface area contributed by atoms with Gasteiger partial charge in [0.25, 0.3) is 5.91 Å². The quantitative estimate of drug-likeness (QED) is 0.582. The highest BCUT2D eigenvalue weighted by molar-refractivity contribution is 6.04. The highest BCUT2D eigenvalue weighted by atomic mass is 16.5. The van der Waals surface area contributed by atoms with Crippen LogP contribution in [0, 0.1) is 0 Å². The zero-order chi connectivity index (χ0) is 20.5. The predicted molar refractivity (Wildman–Crippen MR) is 111 cm³/mol. The van der Waals surface area contributed by atoms with Gasteiger partial charge in [0.05, 0.1) is 13.2 Å². The van der Waals surface area contributed by atoms with E-state index in [4.69, 9.17) is 14.2 Å². The smallest absolute Gasteiger partial charge is 0.255 e. The molecule has 1 heterocycles. The number of ether oxygens (including phenoxy) is 3. The van der Waals surface area contributed by atoms with E-state index in [-0.39, 0.29) is 5.91 Å². The van der Waals surface area contributed by atoms with Gasteiger partial charge < -0.3 is 19.5 Å². The van der Waals surface area contributed by atoms with Crippen molar-refractivity contribution in [3.05, 3.63) is 83.7 Å². The van der Waals surface area contributed by atoms with Crippen molar-refractivity contribution in [1.82, 2.24) is 4.98 Å². The van der Waals surface area contributed by atoms with E-state index in [9.17, 15) is 4.79 Å². The number of benzene rings is 2. The van der Waals surface area contributed by atoms with Crippen molar-refractivity contribution in [3.63, 3.8) is 0 Å². The van der Waals surface area contributed by atoms with E-state index < -0.39 is 0 Å². The number of carbonyl (C=O) groups excluding carboxylic acids is 1. The lowest BCUT2D eigenvalue weighted by Gasteiger charge is -2.14. The van der Waals surface area contributed by atoms with Crippen LogP contribution >= 0.6 is 0 Å². The van der Waals surface area contributed by atoms with Gasteiger partial charge in [0.1, 0.15) is 6.61 Å². The monoisotopic (exact) mass is 392 g/mol. The van der Waals surface area contributed by atoms with Gasteiger partial charge in [-0.25, -0.2) is 0 Å². The van der Waals surface area contributed by atoms with Crippen LogP contribution in [0.15, 0.2) is 67.0 Å². The molecule has 6 heteroatoms. The van der Waals surface area contributed by atoms with Crippen LogP contribution in [0.3, 0.4) is 0 Å². The van der Waals surface area contributed by atoms with Gasteiger partial charge >= 0.3 is 0 Å². The van der Waals surface area contributed by atoms with Crippen molar-refractivity contribution >= 4 is 11.6 Å². The Morgan fingerprint density at radius 3 is 2.59 bits per heavy atom. The van der Waals surface area contributed by atoms with E-state index in [2.05, 4.69) is 10.3 Å². The van der Waals surface area contributed by atoms with Gasteiger partial charge in [0, 0.05) is 36.3 Å². The summed E-state index contributed by atoms with van der Waals surface area (Å²) in [4.78, 5) is 16.8. The molecule has 1 aromatic heterocycles. The molecule has 3 rings (SSSR count). The molecule has 0 saturated carbocycles. The first-order valence-corrected chi connectivity index (χ1v) is 9.37. The normalized spacial score (nSPS) is 10.4. The molecule has 2 aromatic carbocycles. The average molecular weight is 392 g/mol. The first kappa shape index (κ1) is 20.4. The third kappa shape index (κ3) is 5.80. The molecule has 3 aromatic rings. The third-order valence-corrected chi connectivity index (χ3v) is 4.12. The minimum absolute atomic E-state index is 0.223. The number of aromatic nitrogens is 1. The maximum atomic E-state index is 12.7. The largest absolute Gasteiger partial charge is 0.490 e. The molecule has 0 aliphatic heterocycles. The Morgan fingerprint density at radius 1 is 0.966 bits per heavy atom. The van der Waals surface area contributed by atoms with Gasteiger partial charge in [-0.3, -0.25) is 9.78 Å². The van der Waals surface area contributed by atoms with Gasteiger partial charge in [-0.2, -0.15) is 0 Å². The SMILES string of the molecule is CCOc1cc(C(=O)Nc2cccc(COC)c2)ccc1OCc1cccnc1. The second-order valence-corrected chi connectivity index (χ2v) is 6.33. The van der Waals surface area contributed by atoms with Crippen LogP contribution in [-0.2, 0) is 18.0 Å². The number of nitrogens with zero attached hydrogens (tertiary/aromatic N) is 1. The van der Waals surface area contributed by atoms with Crippen molar-refractivity contribution in [1.29, 1.82) is 0 Å². The number of methoxy groups -OCH3 is 1. The third-order valence-electron chi connectivity index (χ3n) is 4.12. The Kier molecular flexibility index (Phi) is 7.19. The van der Waals surface area contributed by atoms with Crippen LogP contribution in [0.4, 0.5) is 5.69 Å². The Morgan fingerprint density at radius 2 is 1.83 bits per heavy atom. The molecule has 0 unspecified atom stereocenters. The lowest BCUT2D eigenvalue weighted by Crippen LogP contribution is -2.12. The van der Waals surface area contributed by atoms with Crippen molar-refractivity contribution < 1.29 is 19.0 Å². The van der Waals surface area contributed by atoms with E-state index in [0.29, 0.717) is 42.6 Å². The maximum Gasteiger partial charge on any atom is 0.255 e. The average Bonchev–Trinajstić information content (AvgIpc) is 2.74. The number of rotatable bonds is 9. The molecule has 150 valence electrons. The van der Waals surface area contributed by atoms with Crippen LogP contribution in [0.2, 0.25) is 0 Å². The highest BCUT2D eigenvalue weighted by Gasteiger charge is 2.12. The zero-order valence-electron chi connectivity index (χ0n) is 16.6. The molecular formula is C23H24N2O4. The Bertz CT molecular complexity index is 945. The fourth-order valence-corrected chi connectivity index (χ4v) is 2.79. The van der Waals surface area contributed by atoms with Crippen LogP contribution in [-0.4, -0.2) is 24.6 Å². The van der Waals surface area contributed by atoms with Gasteiger partial charge in [0.15, 0.2) is 11.5 Å². The fraction of sp³-hybridized carbons (Fsp3) is 0.217. The number of amides is 1. The molecule has 0 bridgehead atoms.